The third-order valence-electron chi connectivity index (χ3n) is 4.79. The van der Waals surface area contributed by atoms with Crippen LogP contribution in [0.4, 0.5) is 8.78 Å². The lowest BCUT2D eigenvalue weighted by molar-refractivity contribution is 0.0894. The lowest BCUT2D eigenvalue weighted by Gasteiger charge is -2.31. The van der Waals surface area contributed by atoms with Gasteiger partial charge in [0.15, 0.2) is 0 Å². The maximum absolute atomic E-state index is 12.6. The Morgan fingerprint density at radius 1 is 1.16 bits per heavy atom. The van der Waals surface area contributed by atoms with Crippen LogP contribution < -0.4 is 10.6 Å². The van der Waals surface area contributed by atoms with Gasteiger partial charge in [-0.15, -0.1) is 0 Å². The molecular formula is C19H23F2N3O. The van der Waals surface area contributed by atoms with Crippen LogP contribution in [0.2, 0.25) is 0 Å². The summed E-state index contributed by atoms with van der Waals surface area (Å²) in [6.07, 6.45) is 2.41. The number of halogens is 2. The highest BCUT2D eigenvalue weighted by Crippen LogP contribution is 2.21. The fraction of sp³-hybridized carbons (Fsp3) is 0.474. The molecule has 0 spiro atoms. The number of para-hydroxylation sites is 1. The number of fused-ring (bicyclic) bond motifs is 1. The molecule has 1 fully saturated rings. The fourth-order valence-corrected chi connectivity index (χ4v) is 3.31. The van der Waals surface area contributed by atoms with Crippen molar-refractivity contribution >= 4 is 16.8 Å². The van der Waals surface area contributed by atoms with E-state index >= 15 is 0 Å². The van der Waals surface area contributed by atoms with Crippen molar-refractivity contribution in [2.75, 3.05) is 0 Å². The molecule has 4 nitrogen and oxygen atoms in total. The van der Waals surface area contributed by atoms with Gasteiger partial charge in [-0.2, -0.15) is 0 Å². The summed E-state index contributed by atoms with van der Waals surface area (Å²) in [6, 6.07) is 8.90. The molecule has 2 N–H and O–H groups in total. The molecule has 25 heavy (non-hydrogen) atoms. The molecule has 3 rings (SSSR count). The van der Waals surface area contributed by atoms with E-state index in [1.165, 1.54) is 6.92 Å². The minimum Gasteiger partial charge on any atom is -0.349 e. The van der Waals surface area contributed by atoms with Crippen molar-refractivity contribution in [3.05, 3.63) is 42.1 Å². The van der Waals surface area contributed by atoms with Crippen molar-refractivity contribution in [3.63, 3.8) is 0 Å². The van der Waals surface area contributed by atoms with E-state index < -0.39 is 12.5 Å². The SMILES string of the molecule is CC(NC1CCC(NC(=O)c2cnc3ccccc3c2)CC1)C(F)F. The molecule has 1 saturated carbocycles. The average molecular weight is 347 g/mol. The number of rotatable bonds is 5. The first-order chi connectivity index (χ1) is 12.0. The Hall–Kier alpha value is -2.08. The van der Waals surface area contributed by atoms with E-state index in [9.17, 15) is 13.6 Å². The van der Waals surface area contributed by atoms with Crippen molar-refractivity contribution in [3.8, 4) is 0 Å². The number of alkyl halides is 2. The summed E-state index contributed by atoms with van der Waals surface area (Å²) >= 11 is 0. The lowest BCUT2D eigenvalue weighted by Crippen LogP contribution is -2.46. The van der Waals surface area contributed by atoms with E-state index in [2.05, 4.69) is 15.6 Å². The largest absolute Gasteiger partial charge is 0.349 e. The predicted molar refractivity (Wildman–Crippen MR) is 93.9 cm³/mol. The first-order valence-corrected chi connectivity index (χ1v) is 8.73. The number of nitrogens with zero attached hydrogens (tertiary/aromatic N) is 1. The second kappa shape index (κ2) is 7.87. The van der Waals surface area contributed by atoms with Crippen molar-refractivity contribution in [1.82, 2.24) is 15.6 Å². The van der Waals surface area contributed by atoms with Gasteiger partial charge in [0.2, 0.25) is 0 Å². The van der Waals surface area contributed by atoms with Crippen molar-refractivity contribution in [2.24, 2.45) is 0 Å². The van der Waals surface area contributed by atoms with Gasteiger partial charge in [-0.3, -0.25) is 9.78 Å². The zero-order valence-electron chi connectivity index (χ0n) is 14.2. The van der Waals surface area contributed by atoms with Crippen LogP contribution in [-0.4, -0.2) is 35.4 Å². The zero-order chi connectivity index (χ0) is 17.8. The Labute approximate surface area is 146 Å². The molecule has 0 saturated heterocycles. The van der Waals surface area contributed by atoms with Gasteiger partial charge >= 0.3 is 0 Å². The Bertz CT molecular complexity index is 729. The first kappa shape index (κ1) is 17.7. The Morgan fingerprint density at radius 3 is 2.56 bits per heavy atom. The molecule has 6 heteroatoms. The molecule has 0 aliphatic heterocycles. The second-order valence-corrected chi connectivity index (χ2v) is 6.73. The zero-order valence-corrected chi connectivity index (χ0v) is 14.2. The normalized spacial score (nSPS) is 22.1. The standard InChI is InChI=1S/C19H23F2N3O/c1-12(18(20)21)23-15-6-8-16(9-7-15)24-19(25)14-10-13-4-2-3-5-17(13)22-11-14/h2-5,10-12,15-16,18,23H,6-9H2,1H3,(H,24,25). The van der Waals surface area contributed by atoms with E-state index in [1.54, 1.807) is 6.20 Å². The minimum atomic E-state index is -2.35. The molecule has 1 aromatic carbocycles. The van der Waals surface area contributed by atoms with Crippen LogP contribution in [0.5, 0.6) is 0 Å². The van der Waals surface area contributed by atoms with E-state index in [0.29, 0.717) is 5.56 Å². The van der Waals surface area contributed by atoms with Gasteiger partial charge in [0.1, 0.15) is 0 Å². The average Bonchev–Trinajstić information content (AvgIpc) is 2.62. The van der Waals surface area contributed by atoms with Crippen LogP contribution in [-0.2, 0) is 0 Å². The molecular weight excluding hydrogens is 324 g/mol. The number of pyridine rings is 1. The number of nitrogens with one attached hydrogen (secondary N) is 2. The van der Waals surface area contributed by atoms with Crippen LogP contribution in [0, 0.1) is 0 Å². The van der Waals surface area contributed by atoms with Crippen molar-refractivity contribution < 1.29 is 13.6 Å². The fourth-order valence-electron chi connectivity index (χ4n) is 3.31. The number of hydrogen-bond acceptors (Lipinski definition) is 3. The van der Waals surface area contributed by atoms with Crippen LogP contribution in [0.1, 0.15) is 43.0 Å². The van der Waals surface area contributed by atoms with Gasteiger partial charge in [0.25, 0.3) is 12.3 Å². The van der Waals surface area contributed by atoms with Crippen LogP contribution in [0.15, 0.2) is 36.5 Å². The monoisotopic (exact) mass is 347 g/mol. The van der Waals surface area contributed by atoms with Crippen LogP contribution in [0.25, 0.3) is 10.9 Å². The van der Waals surface area contributed by atoms with Gasteiger partial charge in [0.05, 0.1) is 17.1 Å². The number of benzene rings is 1. The Morgan fingerprint density at radius 2 is 1.84 bits per heavy atom. The van der Waals surface area contributed by atoms with Gasteiger partial charge in [0, 0.05) is 23.7 Å². The molecule has 0 bridgehead atoms. The third-order valence-corrected chi connectivity index (χ3v) is 4.79. The summed E-state index contributed by atoms with van der Waals surface area (Å²) in [4.78, 5) is 16.8. The molecule has 1 unspecified atom stereocenters. The maximum atomic E-state index is 12.6. The highest BCUT2D eigenvalue weighted by molar-refractivity contribution is 5.97. The number of carbonyl (C=O) groups is 1. The van der Waals surface area contributed by atoms with Gasteiger partial charge in [-0.25, -0.2) is 8.78 Å². The van der Waals surface area contributed by atoms with E-state index in [4.69, 9.17) is 0 Å². The summed E-state index contributed by atoms with van der Waals surface area (Å²) in [5.41, 5.74) is 1.41. The number of aromatic nitrogens is 1. The highest BCUT2D eigenvalue weighted by Gasteiger charge is 2.25. The molecule has 1 aliphatic carbocycles. The molecule has 2 aromatic rings. The first-order valence-electron chi connectivity index (χ1n) is 8.73. The van der Waals surface area contributed by atoms with Gasteiger partial charge in [-0.1, -0.05) is 18.2 Å². The lowest BCUT2D eigenvalue weighted by atomic mass is 9.90. The van der Waals surface area contributed by atoms with Crippen molar-refractivity contribution in [2.45, 2.75) is 57.2 Å². The third kappa shape index (κ3) is 4.51. The van der Waals surface area contributed by atoms with Crippen molar-refractivity contribution in [1.29, 1.82) is 0 Å². The summed E-state index contributed by atoms with van der Waals surface area (Å²) in [6.45, 7) is 1.51. The number of carbonyl (C=O) groups excluding carboxylic acids is 1. The molecule has 0 radical (unpaired) electrons. The minimum absolute atomic E-state index is 0.0823. The van der Waals surface area contributed by atoms with Gasteiger partial charge < -0.3 is 10.6 Å². The van der Waals surface area contributed by atoms with Crippen LogP contribution >= 0.6 is 0 Å². The number of amides is 1. The Kier molecular flexibility index (Phi) is 5.58. The number of hydrogen-bond donors (Lipinski definition) is 2. The summed E-state index contributed by atoms with van der Waals surface area (Å²) in [5, 5.41) is 6.95. The topological polar surface area (TPSA) is 54.0 Å². The summed E-state index contributed by atoms with van der Waals surface area (Å²) < 4.78 is 25.2. The molecule has 1 aliphatic rings. The summed E-state index contributed by atoms with van der Waals surface area (Å²) in [5.74, 6) is -0.129. The maximum Gasteiger partial charge on any atom is 0.253 e. The Balaban J connectivity index is 1.53. The smallest absolute Gasteiger partial charge is 0.253 e. The highest BCUT2D eigenvalue weighted by atomic mass is 19.3. The molecule has 1 amide bonds. The molecule has 1 atom stereocenters. The quantitative estimate of drug-likeness (QED) is 0.870. The second-order valence-electron chi connectivity index (χ2n) is 6.73. The van der Waals surface area contributed by atoms with E-state index in [1.807, 2.05) is 30.3 Å². The van der Waals surface area contributed by atoms with E-state index in [-0.39, 0.29) is 18.0 Å². The van der Waals surface area contributed by atoms with E-state index in [0.717, 1.165) is 36.6 Å². The van der Waals surface area contributed by atoms with Gasteiger partial charge in [-0.05, 0) is 44.7 Å². The molecule has 1 aromatic heterocycles. The summed E-state index contributed by atoms with van der Waals surface area (Å²) in [7, 11) is 0. The predicted octanol–water partition coefficient (Wildman–Crippen LogP) is 3.52. The van der Waals surface area contributed by atoms with Crippen LogP contribution in [0.3, 0.4) is 0 Å². The molecule has 1 heterocycles. The molecule has 134 valence electrons.